The Morgan fingerprint density at radius 3 is 2.48 bits per heavy atom. The van der Waals surface area contributed by atoms with Crippen molar-refractivity contribution in [1.29, 1.82) is 0 Å². The van der Waals surface area contributed by atoms with Crippen molar-refractivity contribution >= 4 is 11.6 Å². The standard InChI is InChI=1S/C21H24F3N3O2/c1-29-19-8-3-2-7-18(19)27-13-11-26(12-14-27)10-9-25-20(28)16-5-4-6-17(15-16)21(22,23)24/h2-8,15H,9-14H2,1H3,(H,25,28). The number of para-hydroxylation sites is 2. The Labute approximate surface area is 168 Å². The van der Waals surface area contributed by atoms with Crippen molar-refractivity contribution in [3.8, 4) is 5.75 Å². The molecule has 1 saturated heterocycles. The third kappa shape index (κ3) is 5.41. The number of benzene rings is 2. The summed E-state index contributed by atoms with van der Waals surface area (Å²) in [6.07, 6.45) is -4.46. The lowest BCUT2D eigenvalue weighted by molar-refractivity contribution is -0.137. The van der Waals surface area contributed by atoms with E-state index in [9.17, 15) is 18.0 Å². The van der Waals surface area contributed by atoms with E-state index in [1.165, 1.54) is 12.1 Å². The van der Waals surface area contributed by atoms with E-state index in [1.807, 2.05) is 24.3 Å². The number of rotatable bonds is 6. The summed E-state index contributed by atoms with van der Waals surface area (Å²) in [6, 6.07) is 12.3. The number of methoxy groups -OCH3 is 1. The van der Waals surface area contributed by atoms with Crippen molar-refractivity contribution in [2.24, 2.45) is 0 Å². The first-order valence-corrected chi connectivity index (χ1v) is 9.44. The van der Waals surface area contributed by atoms with Gasteiger partial charge in [0.05, 0.1) is 18.4 Å². The number of piperazine rings is 1. The Bertz CT molecular complexity index is 834. The normalized spacial score (nSPS) is 15.2. The van der Waals surface area contributed by atoms with E-state index >= 15 is 0 Å². The Kier molecular flexibility index (Phi) is 6.64. The van der Waals surface area contributed by atoms with Crippen molar-refractivity contribution < 1.29 is 22.7 Å². The second kappa shape index (κ2) is 9.17. The smallest absolute Gasteiger partial charge is 0.416 e. The van der Waals surface area contributed by atoms with Crippen LogP contribution in [0.1, 0.15) is 15.9 Å². The van der Waals surface area contributed by atoms with Gasteiger partial charge in [0, 0.05) is 44.8 Å². The zero-order valence-electron chi connectivity index (χ0n) is 16.2. The number of anilines is 1. The molecule has 1 aliphatic rings. The van der Waals surface area contributed by atoms with Crippen LogP contribution in [0.3, 0.4) is 0 Å². The van der Waals surface area contributed by atoms with Gasteiger partial charge in [0.15, 0.2) is 0 Å². The number of alkyl halides is 3. The van der Waals surface area contributed by atoms with Gasteiger partial charge in [0.2, 0.25) is 0 Å². The molecule has 0 unspecified atom stereocenters. The first-order chi connectivity index (χ1) is 13.9. The Hall–Kier alpha value is -2.74. The van der Waals surface area contributed by atoms with Crippen LogP contribution in [0.15, 0.2) is 48.5 Å². The molecule has 156 valence electrons. The monoisotopic (exact) mass is 407 g/mol. The Morgan fingerprint density at radius 1 is 1.07 bits per heavy atom. The van der Waals surface area contributed by atoms with Gasteiger partial charge in [-0.15, -0.1) is 0 Å². The summed E-state index contributed by atoms with van der Waals surface area (Å²) in [5.41, 5.74) is 0.255. The maximum absolute atomic E-state index is 12.8. The molecular formula is C21H24F3N3O2. The predicted octanol–water partition coefficient (Wildman–Crippen LogP) is 3.27. The number of amides is 1. The molecular weight excluding hydrogens is 383 g/mol. The number of carbonyl (C=O) groups is 1. The fourth-order valence-corrected chi connectivity index (χ4v) is 3.37. The third-order valence-corrected chi connectivity index (χ3v) is 4.96. The van der Waals surface area contributed by atoms with Crippen LogP contribution in [-0.2, 0) is 6.18 Å². The molecule has 8 heteroatoms. The first kappa shape index (κ1) is 21.0. The van der Waals surface area contributed by atoms with Crippen LogP contribution in [0.4, 0.5) is 18.9 Å². The molecule has 29 heavy (non-hydrogen) atoms. The van der Waals surface area contributed by atoms with Crippen LogP contribution in [0.5, 0.6) is 5.75 Å². The zero-order valence-corrected chi connectivity index (χ0v) is 16.2. The number of nitrogens with zero attached hydrogens (tertiary/aromatic N) is 2. The quantitative estimate of drug-likeness (QED) is 0.799. The number of hydrogen-bond acceptors (Lipinski definition) is 4. The van der Waals surface area contributed by atoms with E-state index in [0.29, 0.717) is 13.1 Å². The Balaban J connectivity index is 1.46. The number of nitrogens with one attached hydrogen (secondary N) is 1. The topological polar surface area (TPSA) is 44.8 Å². The van der Waals surface area contributed by atoms with Crippen LogP contribution < -0.4 is 15.0 Å². The maximum Gasteiger partial charge on any atom is 0.416 e. The highest BCUT2D eigenvalue weighted by molar-refractivity contribution is 5.94. The molecule has 1 fully saturated rings. The molecule has 0 spiro atoms. The minimum Gasteiger partial charge on any atom is -0.495 e. The SMILES string of the molecule is COc1ccccc1N1CCN(CCNC(=O)c2cccc(C(F)(F)F)c2)CC1. The van der Waals surface area contributed by atoms with E-state index < -0.39 is 17.6 Å². The van der Waals surface area contributed by atoms with Gasteiger partial charge in [-0.1, -0.05) is 18.2 Å². The van der Waals surface area contributed by atoms with E-state index in [4.69, 9.17) is 4.74 Å². The maximum atomic E-state index is 12.8. The minimum absolute atomic E-state index is 0.0146. The van der Waals surface area contributed by atoms with Gasteiger partial charge in [-0.3, -0.25) is 9.69 Å². The van der Waals surface area contributed by atoms with Gasteiger partial charge in [-0.05, 0) is 30.3 Å². The molecule has 2 aromatic rings. The molecule has 0 aromatic heterocycles. The van der Waals surface area contributed by atoms with Crippen LogP contribution in [0.25, 0.3) is 0 Å². The van der Waals surface area contributed by atoms with Crippen molar-refractivity contribution in [2.45, 2.75) is 6.18 Å². The molecule has 1 amide bonds. The lowest BCUT2D eigenvalue weighted by Crippen LogP contribution is -2.48. The zero-order chi connectivity index (χ0) is 20.9. The lowest BCUT2D eigenvalue weighted by atomic mass is 10.1. The fraction of sp³-hybridized carbons (Fsp3) is 0.381. The molecule has 0 aliphatic carbocycles. The number of halogens is 3. The number of ether oxygens (including phenoxy) is 1. The summed E-state index contributed by atoms with van der Waals surface area (Å²) in [4.78, 5) is 16.6. The van der Waals surface area contributed by atoms with E-state index in [2.05, 4.69) is 15.1 Å². The van der Waals surface area contributed by atoms with E-state index in [-0.39, 0.29) is 5.56 Å². The molecule has 0 bridgehead atoms. The van der Waals surface area contributed by atoms with Crippen molar-refractivity contribution in [2.75, 3.05) is 51.3 Å². The average Bonchev–Trinajstić information content (AvgIpc) is 2.73. The van der Waals surface area contributed by atoms with E-state index in [0.717, 1.165) is 49.7 Å². The second-order valence-electron chi connectivity index (χ2n) is 6.84. The van der Waals surface area contributed by atoms with Gasteiger partial charge in [-0.2, -0.15) is 13.2 Å². The molecule has 0 atom stereocenters. The number of hydrogen-bond donors (Lipinski definition) is 1. The van der Waals surface area contributed by atoms with Crippen LogP contribution in [-0.4, -0.2) is 57.2 Å². The predicted molar refractivity (Wildman–Crippen MR) is 105 cm³/mol. The molecule has 1 aliphatic heterocycles. The summed E-state index contributed by atoms with van der Waals surface area (Å²) < 4.78 is 43.7. The van der Waals surface area contributed by atoms with Crippen molar-refractivity contribution in [3.05, 3.63) is 59.7 Å². The minimum atomic E-state index is -4.46. The molecule has 5 nitrogen and oxygen atoms in total. The van der Waals surface area contributed by atoms with Crippen LogP contribution in [0.2, 0.25) is 0 Å². The molecule has 1 N–H and O–H groups in total. The van der Waals surface area contributed by atoms with Gasteiger partial charge in [-0.25, -0.2) is 0 Å². The third-order valence-electron chi connectivity index (χ3n) is 4.96. The average molecular weight is 407 g/mol. The van der Waals surface area contributed by atoms with Crippen molar-refractivity contribution in [1.82, 2.24) is 10.2 Å². The van der Waals surface area contributed by atoms with Gasteiger partial charge >= 0.3 is 6.18 Å². The largest absolute Gasteiger partial charge is 0.495 e. The summed E-state index contributed by atoms with van der Waals surface area (Å²) in [6.45, 7) is 4.35. The van der Waals surface area contributed by atoms with E-state index in [1.54, 1.807) is 7.11 Å². The van der Waals surface area contributed by atoms with Gasteiger partial charge in [0.25, 0.3) is 5.91 Å². The lowest BCUT2D eigenvalue weighted by Gasteiger charge is -2.36. The summed E-state index contributed by atoms with van der Waals surface area (Å²) in [5, 5.41) is 2.70. The van der Waals surface area contributed by atoms with Crippen LogP contribution in [0, 0.1) is 0 Å². The van der Waals surface area contributed by atoms with Crippen LogP contribution >= 0.6 is 0 Å². The highest BCUT2D eigenvalue weighted by Gasteiger charge is 2.30. The highest BCUT2D eigenvalue weighted by Crippen LogP contribution is 2.30. The number of carbonyl (C=O) groups excluding carboxylic acids is 1. The second-order valence-corrected chi connectivity index (χ2v) is 6.84. The highest BCUT2D eigenvalue weighted by atomic mass is 19.4. The fourth-order valence-electron chi connectivity index (χ4n) is 3.37. The summed E-state index contributed by atoms with van der Waals surface area (Å²) >= 11 is 0. The van der Waals surface area contributed by atoms with Gasteiger partial charge in [0.1, 0.15) is 5.75 Å². The molecule has 0 saturated carbocycles. The molecule has 0 radical (unpaired) electrons. The molecule has 2 aromatic carbocycles. The van der Waals surface area contributed by atoms with Gasteiger partial charge < -0.3 is 15.0 Å². The van der Waals surface area contributed by atoms with Crippen molar-refractivity contribution in [3.63, 3.8) is 0 Å². The Morgan fingerprint density at radius 2 is 1.79 bits per heavy atom. The first-order valence-electron chi connectivity index (χ1n) is 9.44. The molecule has 1 heterocycles. The molecule has 3 rings (SSSR count). The summed E-state index contributed by atoms with van der Waals surface area (Å²) in [5.74, 6) is 0.345. The summed E-state index contributed by atoms with van der Waals surface area (Å²) in [7, 11) is 1.65.